The molecule has 0 aliphatic rings. The number of rotatable bonds is 5. The van der Waals surface area contributed by atoms with E-state index in [9.17, 15) is 4.79 Å². The monoisotopic (exact) mass is 312 g/mol. The van der Waals surface area contributed by atoms with E-state index in [1.54, 1.807) is 0 Å². The van der Waals surface area contributed by atoms with Gasteiger partial charge in [0.25, 0.3) is 5.91 Å². The molecule has 0 spiro atoms. The van der Waals surface area contributed by atoms with Gasteiger partial charge in [-0.2, -0.15) is 0 Å². The number of carbonyl (C=O) groups excluding carboxylic acids is 1. The average Bonchev–Trinajstić information content (AvgIpc) is 2.49. The number of benzene rings is 2. The Kier molecular flexibility index (Phi) is 5.67. The van der Waals surface area contributed by atoms with E-state index >= 15 is 0 Å². The van der Waals surface area contributed by atoms with E-state index in [0.717, 1.165) is 10.6 Å². The van der Waals surface area contributed by atoms with E-state index < -0.39 is 0 Å². The minimum absolute atomic E-state index is 0.105. The SMILES string of the molecule is Cc1ccc(NC(=O)/C(=C/N(C)C)Sc2ccccc2)cc1. The molecule has 1 amide bonds. The first-order chi connectivity index (χ1) is 10.5. The summed E-state index contributed by atoms with van der Waals surface area (Å²) in [7, 11) is 3.81. The number of aryl methyl sites for hydroxylation is 1. The molecule has 0 fully saturated rings. The van der Waals surface area contributed by atoms with Crippen molar-refractivity contribution in [2.45, 2.75) is 11.8 Å². The Morgan fingerprint density at radius 3 is 2.27 bits per heavy atom. The van der Waals surface area contributed by atoms with Crippen molar-refractivity contribution < 1.29 is 4.79 Å². The molecular weight excluding hydrogens is 292 g/mol. The van der Waals surface area contributed by atoms with Crippen molar-refractivity contribution in [1.29, 1.82) is 0 Å². The number of nitrogens with zero attached hydrogens (tertiary/aromatic N) is 1. The second kappa shape index (κ2) is 7.71. The Hall–Kier alpha value is -2.20. The topological polar surface area (TPSA) is 32.3 Å². The molecule has 22 heavy (non-hydrogen) atoms. The maximum absolute atomic E-state index is 12.5. The van der Waals surface area contributed by atoms with Gasteiger partial charge in [-0.3, -0.25) is 4.79 Å². The Morgan fingerprint density at radius 2 is 1.68 bits per heavy atom. The van der Waals surface area contributed by atoms with E-state index in [1.165, 1.54) is 17.3 Å². The van der Waals surface area contributed by atoms with E-state index in [-0.39, 0.29) is 5.91 Å². The van der Waals surface area contributed by atoms with Crippen LogP contribution < -0.4 is 5.32 Å². The van der Waals surface area contributed by atoms with Gasteiger partial charge < -0.3 is 10.2 Å². The molecule has 0 saturated heterocycles. The number of nitrogens with one attached hydrogen (secondary N) is 1. The van der Waals surface area contributed by atoms with Crippen LogP contribution in [0.4, 0.5) is 5.69 Å². The molecule has 3 nitrogen and oxygen atoms in total. The molecule has 114 valence electrons. The van der Waals surface area contributed by atoms with Gasteiger partial charge in [-0.25, -0.2) is 0 Å². The molecule has 4 heteroatoms. The van der Waals surface area contributed by atoms with E-state index in [1.807, 2.05) is 86.7 Å². The van der Waals surface area contributed by atoms with Crippen molar-refractivity contribution in [2.24, 2.45) is 0 Å². The minimum Gasteiger partial charge on any atom is -0.382 e. The molecule has 0 heterocycles. The fourth-order valence-corrected chi connectivity index (χ4v) is 2.77. The summed E-state index contributed by atoms with van der Waals surface area (Å²) in [5, 5.41) is 2.94. The van der Waals surface area contributed by atoms with E-state index in [2.05, 4.69) is 5.32 Å². The lowest BCUT2D eigenvalue weighted by molar-refractivity contribution is -0.112. The van der Waals surface area contributed by atoms with Crippen molar-refractivity contribution in [2.75, 3.05) is 19.4 Å². The van der Waals surface area contributed by atoms with Gasteiger partial charge >= 0.3 is 0 Å². The molecule has 0 atom stereocenters. The highest BCUT2D eigenvalue weighted by Crippen LogP contribution is 2.27. The number of thioether (sulfide) groups is 1. The molecule has 2 aromatic rings. The number of hydrogen-bond acceptors (Lipinski definition) is 3. The van der Waals surface area contributed by atoms with E-state index in [4.69, 9.17) is 0 Å². The van der Waals surface area contributed by atoms with Gasteiger partial charge in [0.05, 0.1) is 4.91 Å². The van der Waals surface area contributed by atoms with Gasteiger partial charge in [0.1, 0.15) is 0 Å². The molecule has 2 rings (SSSR count). The van der Waals surface area contributed by atoms with Crippen LogP contribution in [0, 0.1) is 6.92 Å². The Labute approximate surface area is 136 Å². The third-order valence-electron chi connectivity index (χ3n) is 2.88. The van der Waals surface area contributed by atoms with Crippen molar-refractivity contribution in [3.8, 4) is 0 Å². The number of anilines is 1. The van der Waals surface area contributed by atoms with Crippen LogP contribution in [0.1, 0.15) is 5.56 Å². The van der Waals surface area contributed by atoms with Gasteiger partial charge in [0, 0.05) is 30.9 Å². The zero-order chi connectivity index (χ0) is 15.9. The lowest BCUT2D eigenvalue weighted by Gasteiger charge is -2.12. The zero-order valence-electron chi connectivity index (χ0n) is 13.0. The smallest absolute Gasteiger partial charge is 0.263 e. The van der Waals surface area contributed by atoms with Crippen LogP contribution in [-0.4, -0.2) is 24.9 Å². The minimum atomic E-state index is -0.105. The number of amides is 1. The lowest BCUT2D eigenvalue weighted by Crippen LogP contribution is -2.15. The first-order valence-electron chi connectivity index (χ1n) is 7.04. The quantitative estimate of drug-likeness (QED) is 0.665. The largest absolute Gasteiger partial charge is 0.382 e. The molecule has 2 aromatic carbocycles. The molecule has 0 saturated carbocycles. The second-order valence-corrected chi connectivity index (χ2v) is 6.31. The summed E-state index contributed by atoms with van der Waals surface area (Å²) in [6.45, 7) is 2.02. The molecule has 0 unspecified atom stereocenters. The third kappa shape index (κ3) is 4.97. The van der Waals surface area contributed by atoms with Crippen molar-refractivity contribution >= 4 is 23.4 Å². The molecule has 0 aromatic heterocycles. The van der Waals surface area contributed by atoms with Crippen LogP contribution in [0.3, 0.4) is 0 Å². The summed E-state index contributed by atoms with van der Waals surface area (Å²) < 4.78 is 0. The molecule has 0 aliphatic carbocycles. The van der Waals surface area contributed by atoms with Crippen LogP contribution in [0.15, 0.2) is 70.6 Å². The summed E-state index contributed by atoms with van der Waals surface area (Å²) in [6.07, 6.45) is 1.83. The Balaban J connectivity index is 2.14. The first-order valence-corrected chi connectivity index (χ1v) is 7.85. The predicted molar refractivity (Wildman–Crippen MR) is 93.9 cm³/mol. The summed E-state index contributed by atoms with van der Waals surface area (Å²) in [4.78, 5) is 16.1. The van der Waals surface area contributed by atoms with Crippen LogP contribution in [0.5, 0.6) is 0 Å². The molecule has 1 N–H and O–H groups in total. The van der Waals surface area contributed by atoms with Crippen LogP contribution in [0.2, 0.25) is 0 Å². The summed E-state index contributed by atoms with van der Waals surface area (Å²) in [5.41, 5.74) is 1.97. The van der Waals surface area contributed by atoms with Crippen molar-refractivity contribution in [1.82, 2.24) is 4.90 Å². The van der Waals surface area contributed by atoms with Crippen LogP contribution >= 0.6 is 11.8 Å². The molecule has 0 bridgehead atoms. The van der Waals surface area contributed by atoms with Crippen molar-refractivity contribution in [3.63, 3.8) is 0 Å². The highest BCUT2D eigenvalue weighted by Gasteiger charge is 2.12. The van der Waals surface area contributed by atoms with Crippen LogP contribution in [0.25, 0.3) is 0 Å². The Bertz CT molecular complexity index is 649. The summed E-state index contributed by atoms with van der Waals surface area (Å²) >= 11 is 1.45. The highest BCUT2D eigenvalue weighted by atomic mass is 32.2. The summed E-state index contributed by atoms with van der Waals surface area (Å²) in [5.74, 6) is -0.105. The Morgan fingerprint density at radius 1 is 1.05 bits per heavy atom. The van der Waals surface area contributed by atoms with Crippen molar-refractivity contribution in [3.05, 3.63) is 71.3 Å². The number of carbonyl (C=O) groups is 1. The molecule has 0 aliphatic heterocycles. The lowest BCUT2D eigenvalue weighted by atomic mass is 10.2. The normalized spacial score (nSPS) is 11.1. The fourth-order valence-electron chi connectivity index (χ4n) is 1.81. The van der Waals surface area contributed by atoms with Gasteiger partial charge in [0.2, 0.25) is 0 Å². The summed E-state index contributed by atoms with van der Waals surface area (Å²) in [6, 6.07) is 17.7. The van der Waals surface area contributed by atoms with Gasteiger partial charge in [-0.1, -0.05) is 47.7 Å². The standard InChI is InChI=1S/C18H20N2OS/c1-14-9-11-15(12-10-14)19-18(21)17(13-20(2)3)22-16-7-5-4-6-8-16/h4-13H,1-3H3,(H,19,21)/b17-13-. The zero-order valence-corrected chi connectivity index (χ0v) is 13.9. The molecule has 0 radical (unpaired) electrons. The van der Waals surface area contributed by atoms with Crippen LogP contribution in [-0.2, 0) is 4.79 Å². The van der Waals surface area contributed by atoms with Gasteiger partial charge in [-0.05, 0) is 31.2 Å². The first kappa shape index (κ1) is 16.2. The second-order valence-electron chi connectivity index (χ2n) is 5.19. The number of hydrogen-bond donors (Lipinski definition) is 1. The fraction of sp³-hybridized carbons (Fsp3) is 0.167. The van der Waals surface area contributed by atoms with Gasteiger partial charge in [0.15, 0.2) is 0 Å². The maximum atomic E-state index is 12.5. The average molecular weight is 312 g/mol. The van der Waals surface area contributed by atoms with E-state index in [0.29, 0.717) is 4.91 Å². The van der Waals surface area contributed by atoms with Gasteiger partial charge in [-0.15, -0.1) is 0 Å². The molecular formula is C18H20N2OS. The maximum Gasteiger partial charge on any atom is 0.263 e. The predicted octanol–water partition coefficient (Wildman–Crippen LogP) is 4.13. The third-order valence-corrected chi connectivity index (χ3v) is 3.90. The highest BCUT2D eigenvalue weighted by molar-refractivity contribution is 8.04.